The van der Waals surface area contributed by atoms with Gasteiger partial charge in [-0.1, -0.05) is 76.2 Å². The van der Waals surface area contributed by atoms with Crippen molar-refractivity contribution >= 4 is 0 Å². The minimum atomic E-state index is 0.764. The van der Waals surface area contributed by atoms with Gasteiger partial charge in [-0.15, -0.1) is 0 Å². The third-order valence-electron chi connectivity index (χ3n) is 6.81. The Morgan fingerprint density at radius 1 is 0.444 bits per heavy atom. The third-order valence-corrected chi connectivity index (χ3v) is 6.81. The Hall–Kier alpha value is -0.0800. The second-order valence-electron chi connectivity index (χ2n) is 10.9. The van der Waals surface area contributed by atoms with Crippen molar-refractivity contribution in [2.24, 2.45) is 41.4 Å². The molecule has 27 heavy (non-hydrogen) atoms. The Balaban J connectivity index is 4.91. The van der Waals surface area contributed by atoms with Crippen molar-refractivity contribution in [2.45, 2.75) is 82.6 Å². The van der Waals surface area contributed by atoms with E-state index in [0.717, 1.165) is 41.4 Å². The first kappa shape index (κ1) is 26.9. The van der Waals surface area contributed by atoms with Gasteiger partial charge in [0.25, 0.3) is 0 Å². The summed E-state index contributed by atoms with van der Waals surface area (Å²) in [5, 5.41) is 0. The van der Waals surface area contributed by atoms with Crippen LogP contribution in [-0.4, -0.2) is 49.1 Å². The van der Waals surface area contributed by atoms with Crippen LogP contribution in [0.2, 0.25) is 0 Å². The summed E-state index contributed by atoms with van der Waals surface area (Å²) in [6, 6.07) is 0. The van der Waals surface area contributed by atoms with Gasteiger partial charge in [-0.25, -0.2) is 0 Å². The predicted molar refractivity (Wildman–Crippen MR) is 124 cm³/mol. The lowest BCUT2D eigenvalue weighted by molar-refractivity contribution is 0.133. The van der Waals surface area contributed by atoms with Crippen LogP contribution in [0.15, 0.2) is 0 Å². The molecule has 0 saturated carbocycles. The molecule has 3 atom stereocenters. The van der Waals surface area contributed by atoms with Gasteiger partial charge in [-0.3, -0.25) is 0 Å². The fraction of sp³-hybridized carbons (Fsp3) is 1.00. The lowest BCUT2D eigenvalue weighted by Gasteiger charge is -2.34. The van der Waals surface area contributed by atoms with Crippen molar-refractivity contribution < 1.29 is 0 Å². The molecule has 0 spiro atoms. The van der Waals surface area contributed by atoms with Crippen LogP contribution in [0.25, 0.3) is 0 Å². The van der Waals surface area contributed by atoms with Crippen molar-refractivity contribution in [3.63, 3.8) is 0 Å². The molecule has 0 aliphatic heterocycles. The van der Waals surface area contributed by atoms with Gasteiger partial charge in [0.2, 0.25) is 0 Å². The number of nitrogens with zero attached hydrogens (tertiary/aromatic N) is 2. The summed E-state index contributed by atoms with van der Waals surface area (Å²) in [7, 11) is 0. The largest absolute Gasteiger partial charge is 0.302 e. The summed E-state index contributed by atoms with van der Waals surface area (Å²) in [4.78, 5) is 5.51. The topological polar surface area (TPSA) is 6.48 Å². The molecule has 0 aliphatic rings. The minimum absolute atomic E-state index is 0.764. The van der Waals surface area contributed by atoms with Crippen molar-refractivity contribution in [3.05, 3.63) is 0 Å². The summed E-state index contributed by atoms with van der Waals surface area (Å²) >= 11 is 0. The van der Waals surface area contributed by atoms with E-state index in [2.05, 4.69) is 86.0 Å². The third kappa shape index (κ3) is 12.9. The first-order chi connectivity index (χ1) is 12.4. The van der Waals surface area contributed by atoms with Gasteiger partial charge >= 0.3 is 0 Å². The fourth-order valence-electron chi connectivity index (χ4n) is 3.13. The molecule has 2 heteroatoms. The zero-order valence-corrected chi connectivity index (χ0v) is 20.9. The van der Waals surface area contributed by atoms with Crippen LogP contribution in [-0.2, 0) is 0 Å². The molecule has 3 unspecified atom stereocenters. The maximum absolute atomic E-state index is 2.76. The molecule has 0 aromatic carbocycles. The summed E-state index contributed by atoms with van der Waals surface area (Å²) in [6.07, 6.45) is 1.32. The maximum Gasteiger partial charge on any atom is 0.0110 e. The number of hydrogen-bond donors (Lipinski definition) is 0. The molecule has 0 saturated heterocycles. The first-order valence-electron chi connectivity index (χ1n) is 11.9. The monoisotopic (exact) mass is 382 g/mol. The zero-order chi connectivity index (χ0) is 21.1. The zero-order valence-electron chi connectivity index (χ0n) is 20.9. The van der Waals surface area contributed by atoms with E-state index in [0.29, 0.717) is 0 Å². The molecule has 0 rings (SSSR count). The Kier molecular flexibility index (Phi) is 13.9. The predicted octanol–water partition coefficient (Wildman–Crippen LogP) is 6.51. The van der Waals surface area contributed by atoms with E-state index < -0.39 is 0 Å². The Labute approximate surface area is 173 Å². The Bertz CT molecular complexity index is 332. The van der Waals surface area contributed by atoms with Crippen LogP contribution in [0, 0.1) is 41.4 Å². The van der Waals surface area contributed by atoms with E-state index in [4.69, 9.17) is 0 Å². The summed E-state index contributed by atoms with van der Waals surface area (Å²) < 4.78 is 0. The second-order valence-corrected chi connectivity index (χ2v) is 10.9. The number of hydrogen-bond acceptors (Lipinski definition) is 2. The number of rotatable bonds is 15. The van der Waals surface area contributed by atoms with Gasteiger partial charge in [0.05, 0.1) is 0 Å². The Morgan fingerprint density at radius 2 is 0.778 bits per heavy atom. The standard InChI is InChI=1S/C25H54N2/c1-19(2)12-13-26(16-23(9)20(3)4)14-15-27(17-24(10)21(5)6)18-25(11)22(7)8/h19-25H,12-18H2,1-11H3. The van der Waals surface area contributed by atoms with E-state index in [1.165, 1.54) is 45.7 Å². The quantitative estimate of drug-likeness (QED) is 0.318. The maximum atomic E-state index is 2.76. The van der Waals surface area contributed by atoms with Gasteiger partial charge in [-0.05, 0) is 54.4 Å². The van der Waals surface area contributed by atoms with E-state index >= 15 is 0 Å². The molecule has 0 N–H and O–H groups in total. The van der Waals surface area contributed by atoms with E-state index in [1.54, 1.807) is 0 Å². The van der Waals surface area contributed by atoms with E-state index in [-0.39, 0.29) is 0 Å². The van der Waals surface area contributed by atoms with Crippen LogP contribution in [0.3, 0.4) is 0 Å². The molecule has 0 radical (unpaired) electrons. The highest BCUT2D eigenvalue weighted by molar-refractivity contribution is 4.73. The molecule has 0 aromatic heterocycles. The summed E-state index contributed by atoms with van der Waals surface area (Å²) in [6.45, 7) is 33.6. The molecule has 0 fully saturated rings. The molecule has 164 valence electrons. The molecule has 0 amide bonds. The van der Waals surface area contributed by atoms with Gasteiger partial charge in [0.15, 0.2) is 0 Å². The molecule has 0 bridgehead atoms. The highest BCUT2D eigenvalue weighted by Gasteiger charge is 2.19. The molecular weight excluding hydrogens is 328 g/mol. The highest BCUT2D eigenvalue weighted by atomic mass is 15.2. The molecule has 2 nitrogen and oxygen atoms in total. The lowest BCUT2D eigenvalue weighted by atomic mass is 9.94. The van der Waals surface area contributed by atoms with Crippen LogP contribution < -0.4 is 0 Å². The Morgan fingerprint density at radius 3 is 1.11 bits per heavy atom. The first-order valence-corrected chi connectivity index (χ1v) is 11.9. The average molecular weight is 383 g/mol. The summed E-state index contributed by atoms with van der Waals surface area (Å²) in [5.41, 5.74) is 0. The van der Waals surface area contributed by atoms with Crippen molar-refractivity contribution in [3.8, 4) is 0 Å². The lowest BCUT2D eigenvalue weighted by Crippen LogP contribution is -2.42. The van der Waals surface area contributed by atoms with E-state index in [9.17, 15) is 0 Å². The van der Waals surface area contributed by atoms with Gasteiger partial charge in [-0.2, -0.15) is 0 Å². The van der Waals surface area contributed by atoms with E-state index in [1.807, 2.05) is 0 Å². The van der Waals surface area contributed by atoms with Crippen molar-refractivity contribution in [1.82, 2.24) is 9.80 Å². The average Bonchev–Trinajstić information content (AvgIpc) is 2.55. The highest BCUT2D eigenvalue weighted by Crippen LogP contribution is 2.17. The smallest absolute Gasteiger partial charge is 0.0110 e. The summed E-state index contributed by atoms with van der Waals surface area (Å²) in [5.74, 6) is 5.39. The molecular formula is C25H54N2. The SMILES string of the molecule is CC(C)CCN(CCN(CC(C)C(C)C)CC(C)C(C)C)CC(C)C(C)C. The van der Waals surface area contributed by atoms with Crippen LogP contribution >= 0.6 is 0 Å². The molecule has 0 aliphatic carbocycles. The van der Waals surface area contributed by atoms with Crippen LogP contribution in [0.1, 0.15) is 82.6 Å². The van der Waals surface area contributed by atoms with Crippen LogP contribution in [0.4, 0.5) is 0 Å². The van der Waals surface area contributed by atoms with Gasteiger partial charge < -0.3 is 9.80 Å². The van der Waals surface area contributed by atoms with Crippen molar-refractivity contribution in [1.29, 1.82) is 0 Å². The molecule has 0 aromatic rings. The van der Waals surface area contributed by atoms with Crippen molar-refractivity contribution in [2.75, 3.05) is 39.3 Å². The normalized spacial score (nSPS) is 16.3. The van der Waals surface area contributed by atoms with Crippen LogP contribution in [0.5, 0.6) is 0 Å². The minimum Gasteiger partial charge on any atom is -0.302 e. The second kappa shape index (κ2) is 14.0. The molecule has 0 heterocycles. The van der Waals surface area contributed by atoms with Gasteiger partial charge in [0, 0.05) is 32.7 Å². The van der Waals surface area contributed by atoms with Gasteiger partial charge in [0.1, 0.15) is 0 Å². The fourth-order valence-corrected chi connectivity index (χ4v) is 3.13.